The maximum atomic E-state index is 5.21. The van der Waals surface area contributed by atoms with E-state index in [1.807, 2.05) is 18.2 Å². The lowest BCUT2D eigenvalue weighted by Gasteiger charge is -2.09. The van der Waals surface area contributed by atoms with E-state index in [4.69, 9.17) is 14.2 Å². The molecule has 0 aliphatic rings. The van der Waals surface area contributed by atoms with Crippen molar-refractivity contribution in [3.05, 3.63) is 18.2 Å². The number of ether oxygens (including phenoxy) is 3. The summed E-state index contributed by atoms with van der Waals surface area (Å²) >= 11 is 1.73. The number of rotatable bonds is 6. The molecule has 0 atom stereocenters. The Morgan fingerprint density at radius 2 is 1.80 bits per heavy atom. The van der Waals surface area contributed by atoms with Crippen molar-refractivity contribution in [2.24, 2.45) is 0 Å². The molecule has 3 nitrogen and oxygen atoms in total. The van der Waals surface area contributed by atoms with Crippen LogP contribution in [-0.2, 0) is 4.74 Å². The van der Waals surface area contributed by atoms with Crippen LogP contribution < -0.4 is 9.47 Å². The third kappa shape index (κ3) is 3.64. The van der Waals surface area contributed by atoms with E-state index in [2.05, 4.69) is 0 Å². The van der Waals surface area contributed by atoms with Gasteiger partial charge in [0.05, 0.1) is 20.8 Å². The SMILES string of the molecule is COCCSc1ccc(OC)c(OC)c1. The number of hydrogen-bond acceptors (Lipinski definition) is 4. The van der Waals surface area contributed by atoms with Gasteiger partial charge in [-0.3, -0.25) is 0 Å². The first-order chi connectivity index (χ1) is 7.31. The van der Waals surface area contributed by atoms with Crippen LogP contribution in [0.1, 0.15) is 0 Å². The Hall–Kier alpha value is -0.870. The maximum absolute atomic E-state index is 5.21. The summed E-state index contributed by atoms with van der Waals surface area (Å²) in [5.41, 5.74) is 0. The van der Waals surface area contributed by atoms with Gasteiger partial charge in [-0.05, 0) is 18.2 Å². The average molecular weight is 228 g/mol. The molecule has 1 aromatic carbocycles. The van der Waals surface area contributed by atoms with Gasteiger partial charge >= 0.3 is 0 Å². The van der Waals surface area contributed by atoms with Crippen molar-refractivity contribution in [3.8, 4) is 11.5 Å². The predicted octanol–water partition coefficient (Wildman–Crippen LogP) is 2.44. The predicted molar refractivity (Wildman–Crippen MR) is 62.1 cm³/mol. The van der Waals surface area contributed by atoms with E-state index in [0.717, 1.165) is 28.8 Å². The quantitative estimate of drug-likeness (QED) is 0.552. The van der Waals surface area contributed by atoms with Crippen LogP contribution in [0, 0.1) is 0 Å². The minimum atomic E-state index is 0.749. The largest absolute Gasteiger partial charge is 0.493 e. The highest BCUT2D eigenvalue weighted by Gasteiger charge is 2.04. The zero-order valence-electron chi connectivity index (χ0n) is 9.28. The van der Waals surface area contributed by atoms with Gasteiger partial charge in [0.2, 0.25) is 0 Å². The van der Waals surface area contributed by atoms with E-state index >= 15 is 0 Å². The van der Waals surface area contributed by atoms with Gasteiger partial charge in [-0.1, -0.05) is 0 Å². The van der Waals surface area contributed by atoms with Gasteiger partial charge in [0, 0.05) is 17.8 Å². The average Bonchev–Trinajstić information content (AvgIpc) is 2.29. The molecule has 0 fully saturated rings. The van der Waals surface area contributed by atoms with Gasteiger partial charge in [-0.2, -0.15) is 0 Å². The topological polar surface area (TPSA) is 27.7 Å². The summed E-state index contributed by atoms with van der Waals surface area (Å²) in [7, 11) is 4.98. The van der Waals surface area contributed by atoms with Crippen molar-refractivity contribution >= 4 is 11.8 Å². The standard InChI is InChI=1S/C11H16O3S/c1-12-6-7-15-9-4-5-10(13-2)11(8-9)14-3/h4-5,8H,6-7H2,1-3H3. The molecule has 84 valence electrons. The summed E-state index contributed by atoms with van der Waals surface area (Å²) in [4.78, 5) is 1.16. The summed E-state index contributed by atoms with van der Waals surface area (Å²) in [6.45, 7) is 0.749. The van der Waals surface area contributed by atoms with Crippen molar-refractivity contribution in [3.63, 3.8) is 0 Å². The van der Waals surface area contributed by atoms with Gasteiger partial charge in [0.25, 0.3) is 0 Å². The summed E-state index contributed by atoms with van der Waals surface area (Å²) < 4.78 is 15.4. The Kier molecular flexibility index (Phi) is 5.36. The summed E-state index contributed by atoms with van der Waals surface area (Å²) in [5.74, 6) is 2.46. The molecule has 0 aromatic heterocycles. The third-order valence-corrected chi connectivity index (χ3v) is 2.87. The molecule has 0 heterocycles. The van der Waals surface area contributed by atoms with Crippen LogP contribution in [0.3, 0.4) is 0 Å². The van der Waals surface area contributed by atoms with Gasteiger partial charge in [-0.15, -0.1) is 11.8 Å². The zero-order valence-corrected chi connectivity index (χ0v) is 10.1. The highest BCUT2D eigenvalue weighted by atomic mass is 32.2. The first-order valence-corrected chi connectivity index (χ1v) is 5.64. The Balaban J connectivity index is 2.66. The van der Waals surface area contributed by atoms with Crippen LogP contribution in [0.2, 0.25) is 0 Å². The molecule has 1 rings (SSSR count). The second-order valence-electron chi connectivity index (χ2n) is 2.86. The molecule has 0 spiro atoms. The van der Waals surface area contributed by atoms with Crippen molar-refractivity contribution in [1.29, 1.82) is 0 Å². The van der Waals surface area contributed by atoms with Crippen molar-refractivity contribution in [2.45, 2.75) is 4.90 Å². The van der Waals surface area contributed by atoms with Crippen molar-refractivity contribution < 1.29 is 14.2 Å². The highest BCUT2D eigenvalue weighted by molar-refractivity contribution is 7.99. The maximum Gasteiger partial charge on any atom is 0.161 e. The van der Waals surface area contributed by atoms with E-state index in [-0.39, 0.29) is 0 Å². The summed E-state index contributed by atoms with van der Waals surface area (Å²) in [5, 5.41) is 0. The summed E-state index contributed by atoms with van der Waals surface area (Å²) in [6.07, 6.45) is 0. The molecule has 0 N–H and O–H groups in total. The molecular formula is C11H16O3S. The minimum Gasteiger partial charge on any atom is -0.493 e. The van der Waals surface area contributed by atoms with Crippen LogP contribution in [0.5, 0.6) is 11.5 Å². The Morgan fingerprint density at radius 3 is 2.40 bits per heavy atom. The molecule has 0 unspecified atom stereocenters. The summed E-state index contributed by atoms with van der Waals surface area (Å²) in [6, 6.07) is 5.90. The number of hydrogen-bond donors (Lipinski definition) is 0. The zero-order chi connectivity index (χ0) is 11.1. The smallest absolute Gasteiger partial charge is 0.161 e. The molecule has 1 aromatic rings. The Labute approximate surface area is 94.7 Å². The molecule has 4 heteroatoms. The van der Waals surface area contributed by atoms with E-state index < -0.39 is 0 Å². The fraction of sp³-hybridized carbons (Fsp3) is 0.455. The van der Waals surface area contributed by atoms with Gasteiger partial charge in [0.15, 0.2) is 11.5 Å². The molecule has 15 heavy (non-hydrogen) atoms. The molecular weight excluding hydrogens is 212 g/mol. The van der Waals surface area contributed by atoms with Crippen LogP contribution >= 0.6 is 11.8 Å². The van der Waals surface area contributed by atoms with E-state index in [1.165, 1.54) is 0 Å². The Bertz CT molecular complexity index is 302. The monoisotopic (exact) mass is 228 g/mol. The minimum absolute atomic E-state index is 0.749. The molecule has 0 saturated carbocycles. The van der Waals surface area contributed by atoms with Crippen LogP contribution in [0.15, 0.2) is 23.1 Å². The second-order valence-corrected chi connectivity index (χ2v) is 4.03. The van der Waals surface area contributed by atoms with E-state index in [0.29, 0.717) is 0 Å². The van der Waals surface area contributed by atoms with E-state index in [1.54, 1.807) is 33.1 Å². The van der Waals surface area contributed by atoms with Crippen LogP contribution in [0.25, 0.3) is 0 Å². The lowest BCUT2D eigenvalue weighted by atomic mass is 10.3. The highest BCUT2D eigenvalue weighted by Crippen LogP contribution is 2.31. The fourth-order valence-electron chi connectivity index (χ4n) is 1.15. The normalized spacial score (nSPS) is 10.1. The van der Waals surface area contributed by atoms with Crippen LogP contribution in [-0.4, -0.2) is 33.7 Å². The van der Waals surface area contributed by atoms with Crippen molar-refractivity contribution in [2.75, 3.05) is 33.7 Å². The Morgan fingerprint density at radius 1 is 1.07 bits per heavy atom. The first-order valence-electron chi connectivity index (χ1n) is 4.65. The number of benzene rings is 1. The second kappa shape index (κ2) is 6.58. The number of thioether (sulfide) groups is 1. The van der Waals surface area contributed by atoms with Gasteiger partial charge < -0.3 is 14.2 Å². The fourth-order valence-corrected chi connectivity index (χ4v) is 1.99. The molecule has 0 bridgehead atoms. The van der Waals surface area contributed by atoms with Crippen LogP contribution in [0.4, 0.5) is 0 Å². The third-order valence-electron chi connectivity index (χ3n) is 1.91. The first kappa shape index (κ1) is 12.2. The molecule has 0 saturated heterocycles. The molecule has 0 radical (unpaired) electrons. The lowest BCUT2D eigenvalue weighted by molar-refractivity contribution is 0.218. The van der Waals surface area contributed by atoms with Gasteiger partial charge in [-0.25, -0.2) is 0 Å². The number of methoxy groups -OCH3 is 3. The molecule has 0 amide bonds. The lowest BCUT2D eigenvalue weighted by Crippen LogP contribution is -1.93. The van der Waals surface area contributed by atoms with Crippen molar-refractivity contribution in [1.82, 2.24) is 0 Å². The van der Waals surface area contributed by atoms with E-state index in [9.17, 15) is 0 Å². The molecule has 0 aliphatic heterocycles. The molecule has 0 aliphatic carbocycles. The van der Waals surface area contributed by atoms with Gasteiger partial charge in [0.1, 0.15) is 0 Å².